The van der Waals surface area contributed by atoms with Gasteiger partial charge in [-0.2, -0.15) is 0 Å². The molecule has 11 heteroatoms. The monoisotopic (exact) mass is 538 g/mol. The Hall–Kier alpha value is -3.96. The molecule has 2 aromatic carbocycles. The highest BCUT2D eigenvalue weighted by molar-refractivity contribution is 5.97. The average Bonchev–Trinajstić information content (AvgIpc) is 2.82. The summed E-state index contributed by atoms with van der Waals surface area (Å²) in [4.78, 5) is 53.4. The number of anilines is 2. The maximum absolute atomic E-state index is 13.1. The minimum atomic E-state index is -1.07. The van der Waals surface area contributed by atoms with E-state index in [2.05, 4.69) is 15.5 Å². The lowest BCUT2D eigenvalue weighted by Crippen LogP contribution is -2.58. The highest BCUT2D eigenvalue weighted by Crippen LogP contribution is 2.22. The number of hydrogen-bond acceptors (Lipinski definition) is 7. The first-order valence-electron chi connectivity index (χ1n) is 12.8. The second-order valence-corrected chi connectivity index (χ2v) is 10.6. The van der Waals surface area contributed by atoms with Gasteiger partial charge in [0.15, 0.2) is 0 Å². The van der Waals surface area contributed by atoms with Crippen molar-refractivity contribution >= 4 is 35.3 Å². The predicted molar refractivity (Wildman–Crippen MR) is 144 cm³/mol. The van der Waals surface area contributed by atoms with Gasteiger partial charge in [-0.05, 0) is 62.7 Å². The fraction of sp³-hybridized carbons (Fsp3) is 0.429. The molecule has 2 aromatic rings. The van der Waals surface area contributed by atoms with E-state index in [4.69, 9.17) is 14.6 Å². The number of carboxylic acid groups (broad SMARTS) is 1. The van der Waals surface area contributed by atoms with Crippen molar-refractivity contribution in [3.63, 3.8) is 0 Å². The molecule has 1 unspecified atom stereocenters. The van der Waals surface area contributed by atoms with Crippen molar-refractivity contribution in [2.45, 2.75) is 44.9 Å². The standard InChI is InChI=1S/C28H34N4O7/c1-28(2,3)39-27(37)30-23(25(34)29-20-8-6-19(7-9-20)26(35)36)14-18-4-10-21(11-5-18)32-13-12-31(15-24(32)33)22-16-38-17-22/h4-11,22-23H,12-17H2,1-3H3,(H,29,34)(H,30,37)(H,35,36). The van der Waals surface area contributed by atoms with Crippen molar-refractivity contribution in [2.75, 3.05) is 43.1 Å². The quantitative estimate of drug-likeness (QED) is 0.466. The summed E-state index contributed by atoms with van der Waals surface area (Å²) < 4.78 is 10.6. The lowest BCUT2D eigenvalue weighted by atomic mass is 10.0. The smallest absolute Gasteiger partial charge is 0.408 e. The van der Waals surface area contributed by atoms with Gasteiger partial charge in [-0.3, -0.25) is 14.5 Å². The Morgan fingerprint density at radius 1 is 1.05 bits per heavy atom. The zero-order chi connectivity index (χ0) is 28.2. The minimum absolute atomic E-state index is 0.0265. The molecule has 3 amide bonds. The molecule has 0 saturated carbocycles. The van der Waals surface area contributed by atoms with E-state index in [-0.39, 0.29) is 17.9 Å². The molecule has 0 aromatic heterocycles. The molecule has 2 fully saturated rings. The first-order chi connectivity index (χ1) is 18.5. The second-order valence-electron chi connectivity index (χ2n) is 10.6. The fourth-order valence-electron chi connectivity index (χ4n) is 4.34. The molecule has 0 radical (unpaired) electrons. The Morgan fingerprint density at radius 2 is 1.72 bits per heavy atom. The van der Waals surface area contributed by atoms with Crippen molar-refractivity contribution in [1.29, 1.82) is 0 Å². The molecule has 39 heavy (non-hydrogen) atoms. The third kappa shape index (κ3) is 7.55. The van der Waals surface area contributed by atoms with Crippen LogP contribution in [0, 0.1) is 0 Å². The topological polar surface area (TPSA) is 138 Å². The highest BCUT2D eigenvalue weighted by atomic mass is 16.6. The van der Waals surface area contributed by atoms with Crippen LogP contribution in [0.5, 0.6) is 0 Å². The number of carboxylic acids is 1. The largest absolute Gasteiger partial charge is 0.478 e. The number of aromatic carboxylic acids is 1. The molecule has 4 rings (SSSR count). The van der Waals surface area contributed by atoms with Crippen LogP contribution in [-0.2, 0) is 25.5 Å². The second kappa shape index (κ2) is 11.8. The summed E-state index contributed by atoms with van der Waals surface area (Å²) in [5.41, 5.74) is 1.28. The number of alkyl carbamates (subject to hydrolysis) is 1. The lowest BCUT2D eigenvalue weighted by Gasteiger charge is -2.42. The van der Waals surface area contributed by atoms with E-state index in [0.29, 0.717) is 38.0 Å². The zero-order valence-electron chi connectivity index (χ0n) is 22.3. The number of nitrogens with zero attached hydrogens (tertiary/aromatic N) is 2. The number of piperazine rings is 1. The van der Waals surface area contributed by atoms with Gasteiger partial charge in [-0.15, -0.1) is 0 Å². The van der Waals surface area contributed by atoms with Crippen LogP contribution in [0.2, 0.25) is 0 Å². The maximum atomic E-state index is 13.1. The molecule has 2 saturated heterocycles. The maximum Gasteiger partial charge on any atom is 0.408 e. The first-order valence-corrected chi connectivity index (χ1v) is 12.8. The van der Waals surface area contributed by atoms with Crippen LogP contribution in [0.15, 0.2) is 48.5 Å². The Labute approximate surface area is 227 Å². The lowest BCUT2D eigenvalue weighted by molar-refractivity contribution is -0.127. The van der Waals surface area contributed by atoms with E-state index in [1.165, 1.54) is 24.3 Å². The molecule has 3 N–H and O–H groups in total. The van der Waals surface area contributed by atoms with Crippen molar-refractivity contribution in [1.82, 2.24) is 10.2 Å². The van der Waals surface area contributed by atoms with E-state index in [9.17, 15) is 19.2 Å². The molecular formula is C28H34N4O7. The van der Waals surface area contributed by atoms with Gasteiger partial charge in [-0.25, -0.2) is 9.59 Å². The summed E-state index contributed by atoms with van der Waals surface area (Å²) >= 11 is 0. The Balaban J connectivity index is 1.43. The van der Waals surface area contributed by atoms with Crippen LogP contribution in [0.1, 0.15) is 36.7 Å². The van der Waals surface area contributed by atoms with Gasteiger partial charge in [0.2, 0.25) is 11.8 Å². The van der Waals surface area contributed by atoms with Crippen molar-refractivity contribution in [3.8, 4) is 0 Å². The number of nitrogens with one attached hydrogen (secondary N) is 2. The number of carbonyl (C=O) groups excluding carboxylic acids is 3. The molecule has 0 bridgehead atoms. The Bertz CT molecular complexity index is 1200. The predicted octanol–water partition coefficient (Wildman–Crippen LogP) is 2.51. The van der Waals surface area contributed by atoms with Gasteiger partial charge in [-0.1, -0.05) is 12.1 Å². The summed E-state index contributed by atoms with van der Waals surface area (Å²) in [6, 6.07) is 12.4. The molecule has 0 spiro atoms. The van der Waals surface area contributed by atoms with Gasteiger partial charge in [0.1, 0.15) is 11.6 Å². The van der Waals surface area contributed by atoms with Gasteiger partial charge in [0.25, 0.3) is 0 Å². The number of ether oxygens (including phenoxy) is 2. The molecule has 2 aliphatic heterocycles. The number of carbonyl (C=O) groups is 4. The summed E-state index contributed by atoms with van der Waals surface area (Å²) in [7, 11) is 0. The third-order valence-corrected chi connectivity index (χ3v) is 6.48. The van der Waals surface area contributed by atoms with Gasteiger partial charge in [0.05, 0.1) is 31.4 Å². The summed E-state index contributed by atoms with van der Waals surface area (Å²) in [6.07, 6.45) is -0.567. The van der Waals surface area contributed by atoms with Crippen LogP contribution in [0.25, 0.3) is 0 Å². The molecule has 208 valence electrons. The van der Waals surface area contributed by atoms with E-state index in [0.717, 1.165) is 17.8 Å². The van der Waals surface area contributed by atoms with Gasteiger partial charge < -0.3 is 30.1 Å². The fourth-order valence-corrected chi connectivity index (χ4v) is 4.34. The number of rotatable bonds is 8. The molecule has 2 aliphatic rings. The zero-order valence-corrected chi connectivity index (χ0v) is 22.3. The third-order valence-electron chi connectivity index (χ3n) is 6.48. The Morgan fingerprint density at radius 3 is 2.26 bits per heavy atom. The minimum Gasteiger partial charge on any atom is -0.478 e. The van der Waals surface area contributed by atoms with Crippen LogP contribution >= 0.6 is 0 Å². The SMILES string of the molecule is CC(C)(C)OC(=O)NC(Cc1ccc(N2CCN(C3COC3)CC2=O)cc1)C(=O)Nc1ccc(C(=O)O)cc1. The Kier molecular flexibility index (Phi) is 8.51. The highest BCUT2D eigenvalue weighted by Gasteiger charge is 2.33. The van der Waals surface area contributed by atoms with Crippen LogP contribution in [0.4, 0.5) is 16.2 Å². The van der Waals surface area contributed by atoms with Crippen LogP contribution < -0.4 is 15.5 Å². The molecule has 1 atom stereocenters. The van der Waals surface area contributed by atoms with Crippen LogP contribution in [-0.4, -0.2) is 84.4 Å². The first kappa shape index (κ1) is 28.1. The molecular weight excluding hydrogens is 504 g/mol. The van der Waals surface area contributed by atoms with E-state index < -0.39 is 29.6 Å². The molecule has 0 aliphatic carbocycles. The summed E-state index contributed by atoms with van der Waals surface area (Å²) in [5.74, 6) is -1.53. The average molecular weight is 539 g/mol. The molecule has 2 heterocycles. The van der Waals surface area contributed by atoms with Crippen LogP contribution in [0.3, 0.4) is 0 Å². The van der Waals surface area contributed by atoms with Gasteiger partial charge >= 0.3 is 12.1 Å². The normalized spacial score (nSPS) is 17.2. The van der Waals surface area contributed by atoms with E-state index in [1.54, 1.807) is 25.7 Å². The number of hydrogen-bond donors (Lipinski definition) is 3. The molecule has 11 nitrogen and oxygen atoms in total. The van der Waals surface area contributed by atoms with Crippen molar-refractivity contribution < 1.29 is 33.8 Å². The van der Waals surface area contributed by atoms with E-state index >= 15 is 0 Å². The van der Waals surface area contributed by atoms with Crippen molar-refractivity contribution in [2.24, 2.45) is 0 Å². The summed E-state index contributed by atoms with van der Waals surface area (Å²) in [5, 5.41) is 14.4. The number of amides is 3. The summed E-state index contributed by atoms with van der Waals surface area (Å²) in [6.45, 7) is 8.23. The van der Waals surface area contributed by atoms with Gasteiger partial charge in [0, 0.05) is 30.9 Å². The number of benzene rings is 2. The van der Waals surface area contributed by atoms with E-state index in [1.807, 2.05) is 24.3 Å². The van der Waals surface area contributed by atoms with Crippen molar-refractivity contribution in [3.05, 3.63) is 59.7 Å².